The van der Waals surface area contributed by atoms with Crippen LogP contribution in [0.25, 0.3) is 0 Å². The molecular formula is C12H11FN2O5S. The molecule has 1 aromatic heterocycles. The summed E-state index contributed by atoms with van der Waals surface area (Å²) in [7, 11) is -3.02. The molecule has 112 valence electrons. The third-order valence-corrected chi connectivity index (χ3v) is 4.01. The second kappa shape index (κ2) is 6.02. The van der Waals surface area contributed by atoms with Crippen molar-refractivity contribution in [2.24, 2.45) is 0 Å². The molecule has 0 aliphatic carbocycles. The highest BCUT2D eigenvalue weighted by Crippen LogP contribution is 2.18. The van der Waals surface area contributed by atoms with Gasteiger partial charge in [-0.1, -0.05) is 5.16 Å². The van der Waals surface area contributed by atoms with E-state index in [2.05, 4.69) is 19.1 Å². The molecule has 0 aliphatic rings. The summed E-state index contributed by atoms with van der Waals surface area (Å²) in [6.07, 6.45) is 1.28. The van der Waals surface area contributed by atoms with Gasteiger partial charge in [-0.3, -0.25) is 0 Å². The summed E-state index contributed by atoms with van der Waals surface area (Å²) in [6.45, 7) is -0.157. The fourth-order valence-corrected chi connectivity index (χ4v) is 2.77. The number of rotatable bonds is 5. The summed E-state index contributed by atoms with van der Waals surface area (Å²) < 4.78 is 48.9. The van der Waals surface area contributed by atoms with Gasteiger partial charge in [0.1, 0.15) is 12.1 Å². The van der Waals surface area contributed by atoms with Crippen molar-refractivity contribution in [3.63, 3.8) is 0 Å². The van der Waals surface area contributed by atoms with Crippen LogP contribution in [-0.4, -0.2) is 26.7 Å². The predicted molar refractivity (Wildman–Crippen MR) is 68.3 cm³/mol. The zero-order valence-electron chi connectivity index (χ0n) is 10.9. The fourth-order valence-electron chi connectivity index (χ4n) is 1.57. The second-order valence-electron chi connectivity index (χ2n) is 3.95. The van der Waals surface area contributed by atoms with Gasteiger partial charge in [0, 0.05) is 6.07 Å². The Kier molecular flexibility index (Phi) is 4.34. The van der Waals surface area contributed by atoms with Crippen LogP contribution in [0.15, 0.2) is 39.9 Å². The van der Waals surface area contributed by atoms with Crippen molar-refractivity contribution in [1.29, 1.82) is 0 Å². The molecule has 0 unspecified atom stereocenters. The Morgan fingerprint density at radius 2 is 2.19 bits per heavy atom. The molecule has 21 heavy (non-hydrogen) atoms. The first-order chi connectivity index (χ1) is 9.94. The Morgan fingerprint density at radius 3 is 2.81 bits per heavy atom. The van der Waals surface area contributed by atoms with Crippen molar-refractivity contribution in [3.8, 4) is 0 Å². The van der Waals surface area contributed by atoms with Crippen LogP contribution in [0.4, 0.5) is 4.39 Å². The molecule has 0 fully saturated rings. The highest BCUT2D eigenvalue weighted by atomic mass is 32.2. The predicted octanol–water partition coefficient (Wildman–Crippen LogP) is 1.08. The minimum absolute atomic E-state index is 0.157. The van der Waals surface area contributed by atoms with E-state index in [0.29, 0.717) is 5.69 Å². The van der Waals surface area contributed by atoms with E-state index in [9.17, 15) is 17.6 Å². The van der Waals surface area contributed by atoms with E-state index in [1.165, 1.54) is 12.3 Å². The molecule has 2 aromatic rings. The third-order valence-electron chi connectivity index (χ3n) is 2.57. The van der Waals surface area contributed by atoms with E-state index in [4.69, 9.17) is 0 Å². The normalized spacial score (nSPS) is 11.3. The maximum atomic E-state index is 13.3. The molecule has 0 bridgehead atoms. The lowest BCUT2D eigenvalue weighted by molar-refractivity contribution is 0.0596. The van der Waals surface area contributed by atoms with E-state index in [-0.39, 0.29) is 12.1 Å². The second-order valence-corrected chi connectivity index (χ2v) is 5.68. The Morgan fingerprint density at radius 1 is 1.43 bits per heavy atom. The van der Waals surface area contributed by atoms with E-state index in [1.54, 1.807) is 0 Å². The summed E-state index contributed by atoms with van der Waals surface area (Å²) in [5.74, 6) is -1.67. The van der Waals surface area contributed by atoms with E-state index in [0.717, 1.165) is 25.3 Å². The monoisotopic (exact) mass is 314 g/mol. The van der Waals surface area contributed by atoms with Crippen molar-refractivity contribution < 1.29 is 26.9 Å². The van der Waals surface area contributed by atoms with Crippen LogP contribution in [0.2, 0.25) is 0 Å². The van der Waals surface area contributed by atoms with Crippen LogP contribution < -0.4 is 4.72 Å². The van der Waals surface area contributed by atoms with Crippen molar-refractivity contribution in [1.82, 2.24) is 9.88 Å². The van der Waals surface area contributed by atoms with Crippen molar-refractivity contribution in [2.75, 3.05) is 7.11 Å². The molecule has 1 N–H and O–H groups in total. The first kappa shape index (κ1) is 15.1. The highest BCUT2D eigenvalue weighted by Gasteiger charge is 2.24. The van der Waals surface area contributed by atoms with Gasteiger partial charge in [-0.25, -0.2) is 22.3 Å². The average molecular weight is 314 g/mol. The summed E-state index contributed by atoms with van der Waals surface area (Å²) in [5.41, 5.74) is 0.0844. The molecule has 0 spiro atoms. The van der Waals surface area contributed by atoms with E-state index < -0.39 is 26.7 Å². The van der Waals surface area contributed by atoms with Crippen molar-refractivity contribution in [3.05, 3.63) is 47.6 Å². The lowest BCUT2D eigenvalue weighted by atomic mass is 10.2. The number of esters is 1. The molecule has 0 saturated carbocycles. The van der Waals surface area contributed by atoms with Crippen LogP contribution >= 0.6 is 0 Å². The van der Waals surface area contributed by atoms with Gasteiger partial charge in [-0.05, 0) is 18.2 Å². The number of ether oxygens (including phenoxy) is 1. The molecule has 0 atom stereocenters. The number of nitrogens with one attached hydrogen (secondary N) is 1. The average Bonchev–Trinajstić information content (AvgIpc) is 2.98. The summed E-state index contributed by atoms with van der Waals surface area (Å²) >= 11 is 0. The smallest absolute Gasteiger partial charge is 0.339 e. The zero-order chi connectivity index (χ0) is 15.5. The quantitative estimate of drug-likeness (QED) is 0.829. The number of nitrogens with zero attached hydrogens (tertiary/aromatic N) is 1. The van der Waals surface area contributed by atoms with Crippen LogP contribution in [0, 0.1) is 5.82 Å². The molecule has 7 nitrogen and oxygen atoms in total. The largest absolute Gasteiger partial charge is 0.465 e. The van der Waals surface area contributed by atoms with Gasteiger partial charge in [-0.2, -0.15) is 0 Å². The van der Waals surface area contributed by atoms with Gasteiger partial charge in [0.15, 0.2) is 0 Å². The van der Waals surface area contributed by atoms with Crippen LogP contribution in [0.1, 0.15) is 16.1 Å². The molecule has 9 heteroatoms. The molecule has 1 aromatic carbocycles. The van der Waals surface area contributed by atoms with Crippen LogP contribution in [-0.2, 0) is 21.3 Å². The van der Waals surface area contributed by atoms with Crippen LogP contribution in [0.5, 0.6) is 0 Å². The Labute approximate surface area is 119 Å². The highest BCUT2D eigenvalue weighted by molar-refractivity contribution is 7.89. The lowest BCUT2D eigenvalue weighted by Crippen LogP contribution is -2.25. The summed E-state index contributed by atoms with van der Waals surface area (Å²) in [4.78, 5) is 11.1. The third kappa shape index (κ3) is 3.44. The number of carbonyl (C=O) groups is 1. The summed E-state index contributed by atoms with van der Waals surface area (Å²) in [6, 6.07) is 4.24. The van der Waals surface area contributed by atoms with Gasteiger partial charge in [0.2, 0.25) is 10.0 Å². The molecule has 2 rings (SSSR count). The molecule has 0 saturated heterocycles. The number of benzene rings is 1. The van der Waals surface area contributed by atoms with Gasteiger partial charge < -0.3 is 9.26 Å². The number of hydrogen-bond donors (Lipinski definition) is 1. The van der Waals surface area contributed by atoms with E-state index >= 15 is 0 Å². The lowest BCUT2D eigenvalue weighted by Gasteiger charge is -2.09. The topological polar surface area (TPSA) is 98.5 Å². The Hall–Kier alpha value is -2.26. The Bertz CT molecular complexity index is 743. The molecule has 0 aliphatic heterocycles. The number of aromatic nitrogens is 1. The van der Waals surface area contributed by atoms with Crippen molar-refractivity contribution in [2.45, 2.75) is 11.4 Å². The van der Waals surface area contributed by atoms with E-state index in [1.807, 2.05) is 0 Å². The standard InChI is InChI=1S/C12H11FN2O5S/c1-19-12(16)10-3-2-8(13)6-11(10)21(17,18)14-7-9-4-5-20-15-9/h2-6,14H,7H2,1H3. The van der Waals surface area contributed by atoms with Gasteiger partial charge >= 0.3 is 5.97 Å². The fraction of sp³-hybridized carbons (Fsp3) is 0.167. The number of halogens is 1. The van der Waals surface area contributed by atoms with Crippen LogP contribution in [0.3, 0.4) is 0 Å². The maximum Gasteiger partial charge on any atom is 0.339 e. The van der Waals surface area contributed by atoms with Gasteiger partial charge in [0.05, 0.1) is 29.8 Å². The SMILES string of the molecule is COC(=O)c1ccc(F)cc1S(=O)(=O)NCc1ccon1. The first-order valence-electron chi connectivity index (χ1n) is 5.71. The van der Waals surface area contributed by atoms with Gasteiger partial charge in [0.25, 0.3) is 0 Å². The number of methoxy groups -OCH3 is 1. The Balaban J connectivity index is 2.34. The molecule has 0 amide bonds. The molecule has 0 radical (unpaired) electrons. The first-order valence-corrected chi connectivity index (χ1v) is 7.19. The number of carbonyl (C=O) groups excluding carboxylic acids is 1. The zero-order valence-corrected chi connectivity index (χ0v) is 11.7. The number of sulfonamides is 1. The maximum absolute atomic E-state index is 13.3. The molecular weight excluding hydrogens is 303 g/mol. The number of hydrogen-bond acceptors (Lipinski definition) is 6. The van der Waals surface area contributed by atoms with Crippen molar-refractivity contribution >= 4 is 16.0 Å². The van der Waals surface area contributed by atoms with Gasteiger partial charge in [-0.15, -0.1) is 0 Å². The minimum Gasteiger partial charge on any atom is -0.465 e. The molecule has 1 heterocycles. The summed E-state index contributed by atoms with van der Waals surface area (Å²) in [5, 5.41) is 3.54. The minimum atomic E-state index is -4.12.